The maximum absolute atomic E-state index is 12.9. The number of nitrogens with zero attached hydrogens (tertiary/aromatic N) is 4. The number of carbonyl (C=O) groups excluding carboxylic acids is 3. The summed E-state index contributed by atoms with van der Waals surface area (Å²) < 4.78 is 0. The molecule has 1 saturated heterocycles. The van der Waals surface area contributed by atoms with Gasteiger partial charge < -0.3 is 0 Å². The average molecular weight is 433 g/mol. The predicted octanol–water partition coefficient (Wildman–Crippen LogP) is 3.39. The fourth-order valence-electron chi connectivity index (χ4n) is 4.06. The van der Waals surface area contributed by atoms with Gasteiger partial charge in [0, 0.05) is 17.1 Å². The molecule has 0 radical (unpaired) electrons. The molecular weight excluding hydrogens is 412 g/mol. The van der Waals surface area contributed by atoms with Crippen LogP contribution in [0.1, 0.15) is 32.6 Å². The van der Waals surface area contributed by atoms with Gasteiger partial charge in [-0.25, -0.2) is 0 Å². The molecule has 1 saturated carbocycles. The molecule has 1 aliphatic heterocycles. The molecule has 0 bridgehead atoms. The first-order valence-corrected chi connectivity index (χ1v) is 10.9. The largest absolute Gasteiger partial charge is 0.285 e. The lowest BCUT2D eigenvalue weighted by molar-refractivity contribution is -0.143. The molecule has 3 amide bonds. The van der Waals surface area contributed by atoms with Crippen molar-refractivity contribution in [3.8, 4) is 10.6 Å². The summed E-state index contributed by atoms with van der Waals surface area (Å²) in [6, 6.07) is 7.22. The lowest BCUT2D eigenvalue weighted by Crippen LogP contribution is -2.43. The summed E-state index contributed by atoms with van der Waals surface area (Å²) in [5.74, 6) is -1.24. The van der Waals surface area contributed by atoms with Gasteiger partial charge in [0.25, 0.3) is 0 Å². The van der Waals surface area contributed by atoms with Crippen molar-refractivity contribution in [3.05, 3.63) is 29.3 Å². The van der Waals surface area contributed by atoms with Crippen LogP contribution in [-0.2, 0) is 14.4 Å². The third-order valence-corrected chi connectivity index (χ3v) is 6.83. The van der Waals surface area contributed by atoms with E-state index in [1.165, 1.54) is 16.2 Å². The van der Waals surface area contributed by atoms with E-state index >= 15 is 0 Å². The number of anilines is 1. The van der Waals surface area contributed by atoms with Crippen LogP contribution in [0.25, 0.3) is 10.6 Å². The van der Waals surface area contributed by atoms with Crippen molar-refractivity contribution < 1.29 is 14.4 Å². The lowest BCUT2D eigenvalue weighted by Gasteiger charge is -2.21. The van der Waals surface area contributed by atoms with Crippen LogP contribution in [0.5, 0.6) is 0 Å². The number of imide groups is 1. The van der Waals surface area contributed by atoms with Gasteiger partial charge >= 0.3 is 0 Å². The molecule has 2 fully saturated rings. The lowest BCUT2D eigenvalue weighted by atomic mass is 9.81. The maximum Gasteiger partial charge on any atom is 0.248 e. The molecule has 1 aliphatic carbocycles. The minimum Gasteiger partial charge on any atom is -0.285 e. The first kappa shape index (κ1) is 20.0. The number of likely N-dealkylation sites (N-methyl/N-ethyl adjacent to an activating group) is 1. The number of aromatic nitrogens is 2. The van der Waals surface area contributed by atoms with E-state index in [0.717, 1.165) is 36.1 Å². The molecule has 9 heteroatoms. The molecule has 2 unspecified atom stereocenters. The van der Waals surface area contributed by atoms with E-state index in [2.05, 4.69) is 10.2 Å². The number of halogens is 1. The van der Waals surface area contributed by atoms with Crippen molar-refractivity contribution in [1.82, 2.24) is 15.1 Å². The van der Waals surface area contributed by atoms with E-state index in [-0.39, 0.29) is 36.1 Å². The van der Waals surface area contributed by atoms with Crippen LogP contribution in [-0.4, -0.2) is 45.9 Å². The van der Waals surface area contributed by atoms with Gasteiger partial charge in [-0.05, 0) is 31.9 Å². The zero-order valence-electron chi connectivity index (χ0n) is 16.0. The number of amides is 3. The monoisotopic (exact) mass is 432 g/mol. The number of rotatable bonds is 5. The van der Waals surface area contributed by atoms with Gasteiger partial charge in [-0.2, -0.15) is 0 Å². The number of carbonyl (C=O) groups is 3. The average Bonchev–Trinajstić information content (AvgIpc) is 3.29. The van der Waals surface area contributed by atoms with E-state index in [9.17, 15) is 14.4 Å². The molecule has 4 rings (SSSR count). The van der Waals surface area contributed by atoms with E-state index < -0.39 is 0 Å². The van der Waals surface area contributed by atoms with Crippen molar-refractivity contribution >= 4 is 45.8 Å². The van der Waals surface area contributed by atoms with Gasteiger partial charge in [0.1, 0.15) is 11.6 Å². The zero-order chi connectivity index (χ0) is 20.5. The van der Waals surface area contributed by atoms with Gasteiger partial charge in [-0.1, -0.05) is 47.9 Å². The zero-order valence-corrected chi connectivity index (χ0v) is 17.6. The van der Waals surface area contributed by atoms with Crippen molar-refractivity contribution in [3.63, 3.8) is 0 Å². The summed E-state index contributed by atoms with van der Waals surface area (Å²) >= 11 is 7.21. The summed E-state index contributed by atoms with van der Waals surface area (Å²) in [4.78, 5) is 40.8. The topological polar surface area (TPSA) is 83.5 Å². The predicted molar refractivity (Wildman–Crippen MR) is 111 cm³/mol. The van der Waals surface area contributed by atoms with E-state index in [4.69, 9.17) is 11.6 Å². The van der Waals surface area contributed by atoms with Crippen LogP contribution >= 0.6 is 22.9 Å². The van der Waals surface area contributed by atoms with E-state index in [1.54, 1.807) is 12.1 Å². The SMILES string of the molecule is CCN(C(=O)CN1C(=O)C2CCCCC2C1=O)c1nnc(-c2ccc(Cl)cc2)s1. The standard InChI is InChI=1S/C20H21ClN4O3S/c1-2-24(20-23-22-17(29-20)12-7-9-13(21)10-8-12)16(26)11-25-18(27)14-5-3-4-6-15(14)19(25)28/h7-10,14-15H,2-6,11H2,1H3. The molecule has 1 aromatic carbocycles. The normalized spacial score (nSPS) is 21.4. The third-order valence-electron chi connectivity index (χ3n) is 5.58. The smallest absolute Gasteiger partial charge is 0.248 e. The Kier molecular flexibility index (Phi) is 5.65. The Morgan fingerprint density at radius 2 is 1.76 bits per heavy atom. The highest BCUT2D eigenvalue weighted by Crippen LogP contribution is 2.38. The summed E-state index contributed by atoms with van der Waals surface area (Å²) in [5, 5.41) is 10.1. The van der Waals surface area contributed by atoms with Gasteiger partial charge in [0.15, 0.2) is 0 Å². The van der Waals surface area contributed by atoms with Crippen LogP contribution in [0.3, 0.4) is 0 Å². The fourth-order valence-corrected chi connectivity index (χ4v) is 5.12. The third kappa shape index (κ3) is 3.79. The van der Waals surface area contributed by atoms with Crippen molar-refractivity contribution in [2.24, 2.45) is 11.8 Å². The second-order valence-electron chi connectivity index (χ2n) is 7.29. The fraction of sp³-hybridized carbons (Fsp3) is 0.450. The van der Waals surface area contributed by atoms with Crippen LogP contribution in [0, 0.1) is 11.8 Å². The summed E-state index contributed by atoms with van der Waals surface area (Å²) in [7, 11) is 0. The molecule has 29 heavy (non-hydrogen) atoms. The van der Waals surface area contributed by atoms with E-state index in [1.807, 2.05) is 19.1 Å². The van der Waals surface area contributed by atoms with Crippen molar-refractivity contribution in [1.29, 1.82) is 0 Å². The first-order chi connectivity index (χ1) is 14.0. The van der Waals surface area contributed by atoms with Gasteiger partial charge in [-0.15, -0.1) is 10.2 Å². The van der Waals surface area contributed by atoms with Gasteiger partial charge in [0.2, 0.25) is 22.9 Å². The summed E-state index contributed by atoms with van der Waals surface area (Å²) in [6.45, 7) is 1.96. The minimum atomic E-state index is -0.327. The Balaban J connectivity index is 1.49. The molecular formula is C20H21ClN4O3S. The number of fused-ring (bicyclic) bond motifs is 1. The number of hydrogen-bond acceptors (Lipinski definition) is 6. The molecule has 2 heterocycles. The Bertz CT molecular complexity index is 921. The molecule has 1 aromatic heterocycles. The molecule has 2 aliphatic rings. The Morgan fingerprint density at radius 1 is 1.14 bits per heavy atom. The van der Waals surface area contributed by atoms with Crippen LogP contribution in [0.2, 0.25) is 5.02 Å². The van der Waals surface area contributed by atoms with Gasteiger partial charge in [-0.3, -0.25) is 24.2 Å². The van der Waals surface area contributed by atoms with Crippen LogP contribution in [0.15, 0.2) is 24.3 Å². The molecule has 2 atom stereocenters. The number of likely N-dealkylation sites (tertiary alicyclic amines) is 1. The summed E-state index contributed by atoms with van der Waals surface area (Å²) in [6.07, 6.45) is 3.39. The number of benzene rings is 1. The molecule has 152 valence electrons. The van der Waals surface area contributed by atoms with Crippen molar-refractivity contribution in [2.45, 2.75) is 32.6 Å². The van der Waals surface area contributed by atoms with E-state index in [0.29, 0.717) is 21.7 Å². The first-order valence-electron chi connectivity index (χ1n) is 9.74. The molecule has 0 N–H and O–H groups in total. The Hall–Kier alpha value is -2.32. The highest BCUT2D eigenvalue weighted by Gasteiger charge is 2.48. The highest BCUT2D eigenvalue weighted by molar-refractivity contribution is 7.18. The van der Waals surface area contributed by atoms with Crippen LogP contribution in [0.4, 0.5) is 5.13 Å². The molecule has 2 aromatic rings. The summed E-state index contributed by atoms with van der Waals surface area (Å²) in [5.41, 5.74) is 0.857. The second kappa shape index (κ2) is 8.20. The minimum absolute atomic E-state index is 0.205. The Morgan fingerprint density at radius 3 is 2.34 bits per heavy atom. The van der Waals surface area contributed by atoms with Crippen molar-refractivity contribution in [2.75, 3.05) is 18.0 Å². The van der Waals surface area contributed by atoms with Gasteiger partial charge in [0.05, 0.1) is 11.8 Å². The number of hydrogen-bond donors (Lipinski definition) is 0. The molecule has 7 nitrogen and oxygen atoms in total. The Labute approximate surface area is 177 Å². The molecule has 0 spiro atoms. The quantitative estimate of drug-likeness (QED) is 0.676. The maximum atomic E-state index is 12.9. The highest BCUT2D eigenvalue weighted by atomic mass is 35.5. The second-order valence-corrected chi connectivity index (χ2v) is 8.69. The van der Waals surface area contributed by atoms with Crippen LogP contribution < -0.4 is 4.90 Å².